The zero-order valence-corrected chi connectivity index (χ0v) is 15.4. The fourth-order valence-corrected chi connectivity index (χ4v) is 3.00. The number of benzene rings is 2. The van der Waals surface area contributed by atoms with E-state index in [0.29, 0.717) is 43.2 Å². The lowest BCUT2D eigenvalue weighted by Gasteiger charge is -2.34. The minimum atomic E-state index is -0.375. The van der Waals surface area contributed by atoms with Crippen LogP contribution in [0.3, 0.4) is 0 Å². The van der Waals surface area contributed by atoms with Crippen molar-refractivity contribution in [3.63, 3.8) is 0 Å². The summed E-state index contributed by atoms with van der Waals surface area (Å²) < 4.78 is 18.3. The number of piperazine rings is 1. The molecule has 3 amide bonds. The fourth-order valence-electron chi connectivity index (χ4n) is 3.00. The molecule has 0 unspecified atom stereocenters. The molecule has 2 aromatic rings. The highest BCUT2D eigenvalue weighted by molar-refractivity contribution is 5.95. The first kappa shape index (κ1) is 18.7. The lowest BCUT2D eigenvalue weighted by molar-refractivity contribution is 0.0671. The average molecular weight is 371 g/mol. The van der Waals surface area contributed by atoms with Gasteiger partial charge in [0.1, 0.15) is 11.6 Å². The van der Waals surface area contributed by atoms with Crippen molar-refractivity contribution in [1.29, 1.82) is 0 Å². The van der Waals surface area contributed by atoms with E-state index in [-0.39, 0.29) is 17.8 Å². The van der Waals surface area contributed by atoms with E-state index in [4.69, 9.17) is 4.74 Å². The summed E-state index contributed by atoms with van der Waals surface area (Å²) in [5.41, 5.74) is 2.08. The number of carbonyl (C=O) groups excluding carboxylic acids is 2. The van der Waals surface area contributed by atoms with Crippen molar-refractivity contribution in [1.82, 2.24) is 9.80 Å². The van der Waals surface area contributed by atoms with Crippen molar-refractivity contribution in [3.05, 3.63) is 59.4 Å². The normalized spacial score (nSPS) is 14.0. The van der Waals surface area contributed by atoms with Crippen LogP contribution in [0.2, 0.25) is 0 Å². The molecule has 0 bridgehead atoms. The zero-order valence-electron chi connectivity index (χ0n) is 15.4. The fraction of sp³-hybridized carbons (Fsp3) is 0.300. The van der Waals surface area contributed by atoms with Gasteiger partial charge in [-0.2, -0.15) is 0 Å². The van der Waals surface area contributed by atoms with E-state index >= 15 is 0 Å². The van der Waals surface area contributed by atoms with E-state index in [0.717, 1.165) is 5.56 Å². The number of nitrogens with one attached hydrogen (secondary N) is 1. The number of carbonyl (C=O) groups is 2. The second-order valence-corrected chi connectivity index (χ2v) is 6.42. The predicted octanol–water partition coefficient (Wildman–Crippen LogP) is 3.13. The highest BCUT2D eigenvalue weighted by atomic mass is 19.1. The maximum absolute atomic E-state index is 13.0. The van der Waals surface area contributed by atoms with E-state index in [9.17, 15) is 14.0 Å². The first-order valence-electron chi connectivity index (χ1n) is 8.73. The monoisotopic (exact) mass is 371 g/mol. The Bertz CT molecular complexity index is 831. The van der Waals surface area contributed by atoms with Gasteiger partial charge in [0, 0.05) is 31.7 Å². The Hall–Kier alpha value is -3.09. The number of urea groups is 1. The van der Waals surface area contributed by atoms with Gasteiger partial charge in [-0.1, -0.05) is 6.07 Å². The van der Waals surface area contributed by atoms with Crippen molar-refractivity contribution < 1.29 is 18.7 Å². The Morgan fingerprint density at radius 3 is 2.26 bits per heavy atom. The zero-order chi connectivity index (χ0) is 19.4. The molecule has 1 heterocycles. The summed E-state index contributed by atoms with van der Waals surface area (Å²) in [5.74, 6) is 0.0640. The number of hydrogen-bond acceptors (Lipinski definition) is 3. The Morgan fingerprint density at radius 2 is 1.63 bits per heavy atom. The van der Waals surface area contributed by atoms with Crippen LogP contribution in [0.4, 0.5) is 14.9 Å². The summed E-state index contributed by atoms with van der Waals surface area (Å²) >= 11 is 0. The van der Waals surface area contributed by atoms with Gasteiger partial charge in [-0.25, -0.2) is 9.18 Å². The first-order valence-corrected chi connectivity index (χ1v) is 8.73. The van der Waals surface area contributed by atoms with Crippen LogP contribution < -0.4 is 10.1 Å². The average Bonchev–Trinajstić information content (AvgIpc) is 2.68. The first-order chi connectivity index (χ1) is 13.0. The Balaban J connectivity index is 1.59. The van der Waals surface area contributed by atoms with E-state index in [1.54, 1.807) is 16.9 Å². The standard InChI is InChI=1S/C20H22FN3O3/c1-14-3-8-18(27-2)17(13-14)22-20(26)24-11-9-23(10-12-24)19(25)15-4-6-16(21)7-5-15/h3-8,13H,9-12H2,1-2H3,(H,22,26). The van der Waals surface area contributed by atoms with Crippen molar-refractivity contribution in [2.24, 2.45) is 0 Å². The summed E-state index contributed by atoms with van der Waals surface area (Å²) in [5, 5.41) is 2.87. The molecule has 0 saturated carbocycles. The van der Waals surface area contributed by atoms with Crippen LogP contribution >= 0.6 is 0 Å². The van der Waals surface area contributed by atoms with Crippen molar-refractivity contribution in [2.45, 2.75) is 6.92 Å². The van der Waals surface area contributed by atoms with Gasteiger partial charge >= 0.3 is 6.03 Å². The van der Waals surface area contributed by atoms with E-state index in [2.05, 4.69) is 5.32 Å². The number of amides is 3. The molecule has 2 aromatic carbocycles. The Morgan fingerprint density at radius 1 is 1.00 bits per heavy atom. The third kappa shape index (κ3) is 4.36. The molecule has 0 aromatic heterocycles. The SMILES string of the molecule is COc1ccc(C)cc1NC(=O)N1CCN(C(=O)c2ccc(F)cc2)CC1. The molecular weight excluding hydrogens is 349 g/mol. The number of methoxy groups -OCH3 is 1. The molecule has 1 aliphatic rings. The molecule has 142 valence electrons. The third-order valence-corrected chi connectivity index (χ3v) is 4.54. The van der Waals surface area contributed by atoms with Crippen LogP contribution in [0.15, 0.2) is 42.5 Å². The van der Waals surface area contributed by atoms with Crippen LogP contribution in [0.1, 0.15) is 15.9 Å². The maximum atomic E-state index is 13.0. The van der Waals surface area contributed by atoms with Gasteiger partial charge in [0.05, 0.1) is 12.8 Å². The maximum Gasteiger partial charge on any atom is 0.322 e. The van der Waals surface area contributed by atoms with Crippen LogP contribution in [-0.4, -0.2) is 55.0 Å². The number of ether oxygens (including phenoxy) is 1. The largest absolute Gasteiger partial charge is 0.495 e. The molecular formula is C20H22FN3O3. The Kier molecular flexibility index (Phi) is 5.59. The highest BCUT2D eigenvalue weighted by Crippen LogP contribution is 2.25. The van der Waals surface area contributed by atoms with Crippen LogP contribution in [0.25, 0.3) is 0 Å². The summed E-state index contributed by atoms with van der Waals surface area (Å²) in [4.78, 5) is 28.3. The molecule has 1 fully saturated rings. The van der Waals surface area contributed by atoms with E-state index < -0.39 is 0 Å². The number of rotatable bonds is 3. The predicted molar refractivity (Wildman–Crippen MR) is 101 cm³/mol. The second kappa shape index (κ2) is 8.07. The molecule has 0 radical (unpaired) electrons. The van der Waals surface area contributed by atoms with Gasteiger partial charge in [-0.15, -0.1) is 0 Å². The van der Waals surface area contributed by atoms with Gasteiger partial charge in [-0.3, -0.25) is 4.79 Å². The van der Waals surface area contributed by atoms with Crippen molar-refractivity contribution in [3.8, 4) is 5.75 Å². The molecule has 0 spiro atoms. The second-order valence-electron chi connectivity index (χ2n) is 6.42. The summed E-state index contributed by atoms with van der Waals surface area (Å²) in [6.07, 6.45) is 0. The molecule has 1 N–H and O–H groups in total. The molecule has 1 saturated heterocycles. The molecule has 0 atom stereocenters. The summed E-state index contributed by atoms with van der Waals surface area (Å²) in [6.45, 7) is 3.64. The number of halogens is 1. The van der Waals surface area contributed by atoms with E-state index in [1.165, 1.54) is 24.3 Å². The van der Waals surface area contributed by atoms with Gasteiger partial charge in [0.25, 0.3) is 5.91 Å². The quantitative estimate of drug-likeness (QED) is 0.902. The van der Waals surface area contributed by atoms with Crippen LogP contribution in [0, 0.1) is 12.7 Å². The van der Waals surface area contributed by atoms with Crippen LogP contribution in [-0.2, 0) is 0 Å². The van der Waals surface area contributed by atoms with Crippen molar-refractivity contribution >= 4 is 17.6 Å². The number of aryl methyl sites for hydroxylation is 1. The number of nitrogens with zero attached hydrogens (tertiary/aromatic N) is 2. The molecule has 0 aliphatic carbocycles. The Labute approximate surface area is 157 Å². The highest BCUT2D eigenvalue weighted by Gasteiger charge is 2.25. The minimum Gasteiger partial charge on any atom is -0.495 e. The van der Waals surface area contributed by atoms with Gasteiger partial charge in [-0.05, 0) is 48.9 Å². The number of hydrogen-bond donors (Lipinski definition) is 1. The smallest absolute Gasteiger partial charge is 0.322 e. The van der Waals surface area contributed by atoms with Gasteiger partial charge in [0.2, 0.25) is 0 Å². The van der Waals surface area contributed by atoms with Crippen molar-refractivity contribution in [2.75, 3.05) is 38.6 Å². The van der Waals surface area contributed by atoms with Crippen LogP contribution in [0.5, 0.6) is 5.75 Å². The molecule has 27 heavy (non-hydrogen) atoms. The summed E-state index contributed by atoms with van der Waals surface area (Å²) in [6, 6.07) is 10.8. The molecule has 6 nitrogen and oxygen atoms in total. The minimum absolute atomic E-state index is 0.157. The lowest BCUT2D eigenvalue weighted by Crippen LogP contribution is -2.51. The van der Waals surface area contributed by atoms with Gasteiger partial charge in [0.15, 0.2) is 0 Å². The molecule has 1 aliphatic heterocycles. The van der Waals surface area contributed by atoms with E-state index in [1.807, 2.05) is 25.1 Å². The molecule has 3 rings (SSSR count). The lowest BCUT2D eigenvalue weighted by atomic mass is 10.2. The summed E-state index contributed by atoms with van der Waals surface area (Å²) in [7, 11) is 1.56. The number of anilines is 1. The van der Waals surface area contributed by atoms with Gasteiger partial charge < -0.3 is 19.9 Å². The third-order valence-electron chi connectivity index (χ3n) is 4.54. The molecule has 7 heteroatoms. The topological polar surface area (TPSA) is 61.9 Å².